The second kappa shape index (κ2) is 31.6. The van der Waals surface area contributed by atoms with Crippen molar-refractivity contribution in [2.75, 3.05) is 26.4 Å². The van der Waals surface area contributed by atoms with E-state index in [2.05, 4.69) is 38.2 Å². The van der Waals surface area contributed by atoms with E-state index in [1.54, 1.807) is 0 Å². The van der Waals surface area contributed by atoms with Gasteiger partial charge in [0.15, 0.2) is 6.29 Å². The Labute approximate surface area is 292 Å². The molecule has 1 fully saturated rings. The van der Waals surface area contributed by atoms with Crippen molar-refractivity contribution in [3.05, 3.63) is 24.3 Å². The minimum Gasteiger partial charge on any atom is -0.457 e. The maximum absolute atomic E-state index is 12.7. The molecule has 1 rings (SSSR count). The Bertz CT molecular complexity index is 787. The molecule has 0 bridgehead atoms. The van der Waals surface area contributed by atoms with Gasteiger partial charge in [0.25, 0.3) is 0 Å². The summed E-state index contributed by atoms with van der Waals surface area (Å²) in [6.45, 7) is 4.50. The number of aliphatic hydroxyl groups is 4. The number of hydrogen-bond donors (Lipinski definition) is 4. The van der Waals surface area contributed by atoms with Crippen LogP contribution in [0.1, 0.15) is 155 Å². The molecule has 0 aromatic rings. The van der Waals surface area contributed by atoms with Crippen LogP contribution in [0.25, 0.3) is 0 Å². The first-order chi connectivity index (χ1) is 23.4. The van der Waals surface area contributed by atoms with Gasteiger partial charge in [-0.1, -0.05) is 128 Å². The normalized spacial score (nSPS) is 22.2. The van der Waals surface area contributed by atoms with Gasteiger partial charge in [-0.15, -0.1) is 0 Å². The van der Waals surface area contributed by atoms with E-state index in [0.717, 1.165) is 57.8 Å². The predicted octanol–water partition coefficient (Wildman–Crippen LogP) is 7.47. The summed E-state index contributed by atoms with van der Waals surface area (Å²) in [4.78, 5) is 12.7. The lowest BCUT2D eigenvalue weighted by molar-refractivity contribution is -0.305. The van der Waals surface area contributed by atoms with Crippen LogP contribution in [-0.4, -0.2) is 89.6 Å². The smallest absolute Gasteiger partial charge is 0.306 e. The molecular formula is C39H72O9. The van der Waals surface area contributed by atoms with Gasteiger partial charge in [0.05, 0.1) is 19.8 Å². The Kier molecular flexibility index (Phi) is 29.5. The zero-order valence-corrected chi connectivity index (χ0v) is 30.5. The SMILES string of the molecule is CCCCCC/C=C\C/C=C\CCCCCCCC(=O)OC(COCCCCCCCCCCC)COC1OC(CO)C(O)C(O)C1O. The van der Waals surface area contributed by atoms with Crippen LogP contribution in [0.15, 0.2) is 24.3 Å². The molecule has 9 heteroatoms. The van der Waals surface area contributed by atoms with E-state index in [1.807, 2.05) is 0 Å². The fourth-order valence-electron chi connectivity index (χ4n) is 5.76. The molecule has 0 spiro atoms. The van der Waals surface area contributed by atoms with Crippen molar-refractivity contribution in [3.8, 4) is 0 Å². The highest BCUT2D eigenvalue weighted by molar-refractivity contribution is 5.69. The van der Waals surface area contributed by atoms with Crippen LogP contribution in [0, 0.1) is 0 Å². The van der Waals surface area contributed by atoms with E-state index in [1.165, 1.54) is 77.0 Å². The third kappa shape index (κ3) is 23.1. The number of aliphatic hydroxyl groups excluding tert-OH is 4. The van der Waals surface area contributed by atoms with Gasteiger partial charge < -0.3 is 39.4 Å². The first kappa shape index (κ1) is 44.7. The first-order valence-electron chi connectivity index (χ1n) is 19.4. The maximum Gasteiger partial charge on any atom is 0.306 e. The lowest BCUT2D eigenvalue weighted by Crippen LogP contribution is -2.59. The Hall–Kier alpha value is -1.33. The molecule has 9 nitrogen and oxygen atoms in total. The van der Waals surface area contributed by atoms with E-state index in [9.17, 15) is 25.2 Å². The third-order valence-electron chi connectivity index (χ3n) is 8.87. The van der Waals surface area contributed by atoms with Crippen molar-refractivity contribution in [2.24, 2.45) is 0 Å². The second-order valence-corrected chi connectivity index (χ2v) is 13.4. The van der Waals surface area contributed by atoms with E-state index in [-0.39, 0.29) is 19.2 Å². The molecule has 0 aromatic carbocycles. The van der Waals surface area contributed by atoms with E-state index in [4.69, 9.17) is 18.9 Å². The van der Waals surface area contributed by atoms with E-state index in [0.29, 0.717) is 13.0 Å². The van der Waals surface area contributed by atoms with Gasteiger partial charge in [0, 0.05) is 13.0 Å². The van der Waals surface area contributed by atoms with Gasteiger partial charge in [-0.25, -0.2) is 0 Å². The summed E-state index contributed by atoms with van der Waals surface area (Å²) in [7, 11) is 0. The quantitative estimate of drug-likeness (QED) is 0.0323. The number of rotatable bonds is 32. The molecule has 0 aliphatic carbocycles. The number of carbonyl (C=O) groups excluding carboxylic acids is 1. The molecule has 6 atom stereocenters. The predicted molar refractivity (Wildman–Crippen MR) is 192 cm³/mol. The molecule has 48 heavy (non-hydrogen) atoms. The van der Waals surface area contributed by atoms with Crippen LogP contribution in [0.5, 0.6) is 0 Å². The average Bonchev–Trinajstić information content (AvgIpc) is 3.08. The highest BCUT2D eigenvalue weighted by Crippen LogP contribution is 2.22. The maximum atomic E-state index is 12.7. The van der Waals surface area contributed by atoms with Crippen LogP contribution < -0.4 is 0 Å². The number of hydrogen-bond acceptors (Lipinski definition) is 9. The molecule has 1 aliphatic heterocycles. The zero-order chi connectivity index (χ0) is 35.1. The Morgan fingerprint density at radius 3 is 1.81 bits per heavy atom. The molecule has 0 radical (unpaired) electrons. The van der Waals surface area contributed by atoms with Crippen LogP contribution in [0.2, 0.25) is 0 Å². The van der Waals surface area contributed by atoms with Gasteiger partial charge in [0.2, 0.25) is 0 Å². The monoisotopic (exact) mass is 685 g/mol. The van der Waals surface area contributed by atoms with Crippen molar-refractivity contribution < 1.29 is 44.2 Å². The fraction of sp³-hybridized carbons (Fsp3) is 0.872. The van der Waals surface area contributed by atoms with Crippen LogP contribution >= 0.6 is 0 Å². The molecule has 1 heterocycles. The molecule has 0 aromatic heterocycles. The lowest BCUT2D eigenvalue weighted by Gasteiger charge is -2.39. The topological polar surface area (TPSA) is 135 Å². The highest BCUT2D eigenvalue weighted by atomic mass is 16.7. The summed E-state index contributed by atoms with van der Waals surface area (Å²) in [6, 6.07) is 0. The van der Waals surface area contributed by atoms with Gasteiger partial charge in [-0.2, -0.15) is 0 Å². The van der Waals surface area contributed by atoms with Crippen LogP contribution in [-0.2, 0) is 23.7 Å². The number of unbranched alkanes of at least 4 members (excludes halogenated alkanes) is 17. The summed E-state index contributed by atoms with van der Waals surface area (Å²) < 4.78 is 22.6. The largest absolute Gasteiger partial charge is 0.457 e. The molecule has 6 unspecified atom stereocenters. The van der Waals surface area contributed by atoms with Crippen molar-refractivity contribution in [3.63, 3.8) is 0 Å². The Morgan fingerprint density at radius 2 is 1.21 bits per heavy atom. The Balaban J connectivity index is 2.32. The highest BCUT2D eigenvalue weighted by Gasteiger charge is 2.44. The Morgan fingerprint density at radius 1 is 0.667 bits per heavy atom. The molecule has 282 valence electrons. The number of esters is 1. The summed E-state index contributed by atoms with van der Waals surface area (Å²) >= 11 is 0. The number of allylic oxidation sites excluding steroid dienone is 4. The minimum absolute atomic E-state index is 0.117. The third-order valence-corrected chi connectivity index (χ3v) is 8.87. The van der Waals surface area contributed by atoms with Crippen molar-refractivity contribution >= 4 is 5.97 Å². The molecule has 0 saturated carbocycles. The second-order valence-electron chi connectivity index (χ2n) is 13.4. The van der Waals surface area contributed by atoms with Crippen molar-refractivity contribution in [1.29, 1.82) is 0 Å². The summed E-state index contributed by atoms with van der Waals surface area (Å²) in [6.07, 6.45) is 26.3. The van der Waals surface area contributed by atoms with Crippen LogP contribution in [0.3, 0.4) is 0 Å². The molecule has 0 amide bonds. The number of ether oxygens (including phenoxy) is 4. The molecule has 4 N–H and O–H groups in total. The number of carbonyl (C=O) groups is 1. The van der Waals surface area contributed by atoms with Crippen LogP contribution in [0.4, 0.5) is 0 Å². The van der Waals surface area contributed by atoms with Gasteiger partial charge in [-0.05, 0) is 44.9 Å². The average molecular weight is 685 g/mol. The van der Waals surface area contributed by atoms with E-state index < -0.39 is 43.4 Å². The summed E-state index contributed by atoms with van der Waals surface area (Å²) in [5, 5.41) is 39.9. The van der Waals surface area contributed by atoms with Gasteiger partial charge in [0.1, 0.15) is 30.5 Å². The summed E-state index contributed by atoms with van der Waals surface area (Å²) in [5.74, 6) is -0.328. The van der Waals surface area contributed by atoms with Crippen molar-refractivity contribution in [2.45, 2.75) is 192 Å². The zero-order valence-electron chi connectivity index (χ0n) is 30.5. The molecule has 1 aliphatic rings. The first-order valence-corrected chi connectivity index (χ1v) is 19.4. The fourth-order valence-corrected chi connectivity index (χ4v) is 5.76. The minimum atomic E-state index is -1.53. The summed E-state index contributed by atoms with van der Waals surface area (Å²) in [5.41, 5.74) is 0. The van der Waals surface area contributed by atoms with E-state index >= 15 is 0 Å². The standard InChI is InChI=1S/C39H72O9/c1-3-5-7-9-11-13-14-15-16-17-18-19-20-22-24-26-28-35(41)47-33(31-45-29-27-25-23-21-12-10-8-6-4-2)32-46-39-38(44)37(43)36(42)34(30-40)48-39/h13-14,16-17,33-34,36-40,42-44H,3-12,15,18-32H2,1-2H3/b14-13-,17-16-. The molecule has 1 saturated heterocycles. The van der Waals surface area contributed by atoms with Gasteiger partial charge >= 0.3 is 5.97 Å². The molecular weight excluding hydrogens is 612 g/mol. The van der Waals surface area contributed by atoms with Gasteiger partial charge in [-0.3, -0.25) is 4.79 Å². The lowest BCUT2D eigenvalue weighted by atomic mass is 9.99. The van der Waals surface area contributed by atoms with Crippen molar-refractivity contribution in [1.82, 2.24) is 0 Å².